The van der Waals surface area contributed by atoms with Gasteiger partial charge in [-0.25, -0.2) is 0 Å². The van der Waals surface area contributed by atoms with Gasteiger partial charge in [0.25, 0.3) is 0 Å². The largest absolute Gasteiger partial charge is 0.361 e. The van der Waals surface area contributed by atoms with Crippen molar-refractivity contribution in [3.05, 3.63) is 30.5 Å². The molecule has 2 aromatic rings. The topological polar surface area (TPSA) is 44.9 Å². The van der Waals surface area contributed by atoms with E-state index in [1.807, 2.05) is 44.3 Å². The quantitative estimate of drug-likeness (QED) is 0.772. The highest BCUT2D eigenvalue weighted by molar-refractivity contribution is 6.01. The second-order valence-electron chi connectivity index (χ2n) is 3.89. The zero-order valence-electron chi connectivity index (χ0n) is 8.87. The van der Waals surface area contributed by atoms with Gasteiger partial charge in [-0.05, 0) is 18.2 Å². The van der Waals surface area contributed by atoms with Crippen molar-refractivity contribution < 1.29 is 4.79 Å². The van der Waals surface area contributed by atoms with Gasteiger partial charge in [0.2, 0.25) is 5.91 Å². The van der Waals surface area contributed by atoms with Gasteiger partial charge in [0.1, 0.15) is 0 Å². The van der Waals surface area contributed by atoms with E-state index in [4.69, 9.17) is 0 Å². The number of H-pyrrole nitrogens is 1. The Kier molecular flexibility index (Phi) is 2.46. The summed E-state index contributed by atoms with van der Waals surface area (Å²) in [6.45, 7) is 3.76. The van der Waals surface area contributed by atoms with Crippen LogP contribution in [0.25, 0.3) is 10.9 Å². The van der Waals surface area contributed by atoms with E-state index in [-0.39, 0.29) is 11.8 Å². The van der Waals surface area contributed by atoms with Gasteiger partial charge in [0.15, 0.2) is 0 Å². The van der Waals surface area contributed by atoms with Crippen molar-refractivity contribution in [1.82, 2.24) is 4.98 Å². The molecule has 15 heavy (non-hydrogen) atoms. The van der Waals surface area contributed by atoms with E-state index >= 15 is 0 Å². The van der Waals surface area contributed by atoms with Gasteiger partial charge in [0, 0.05) is 23.0 Å². The third-order valence-electron chi connectivity index (χ3n) is 2.38. The molecule has 0 radical (unpaired) electrons. The number of rotatable bonds is 2. The smallest absolute Gasteiger partial charge is 0.226 e. The Morgan fingerprint density at radius 1 is 1.33 bits per heavy atom. The van der Waals surface area contributed by atoms with Crippen LogP contribution in [0.4, 0.5) is 5.69 Å². The predicted octanol–water partition coefficient (Wildman–Crippen LogP) is 2.76. The van der Waals surface area contributed by atoms with Crippen LogP contribution in [0, 0.1) is 5.92 Å². The van der Waals surface area contributed by atoms with Crippen LogP contribution in [0.1, 0.15) is 13.8 Å². The van der Waals surface area contributed by atoms with Crippen molar-refractivity contribution in [2.45, 2.75) is 13.8 Å². The van der Waals surface area contributed by atoms with Gasteiger partial charge in [0.05, 0.1) is 5.69 Å². The first-order valence-corrected chi connectivity index (χ1v) is 5.05. The summed E-state index contributed by atoms with van der Waals surface area (Å²) >= 11 is 0. The molecule has 0 unspecified atom stereocenters. The summed E-state index contributed by atoms with van der Waals surface area (Å²) in [6, 6.07) is 7.79. The maximum absolute atomic E-state index is 11.6. The average molecular weight is 202 g/mol. The molecule has 3 heteroatoms. The molecule has 2 rings (SSSR count). The molecule has 0 aliphatic carbocycles. The average Bonchev–Trinajstić information content (AvgIpc) is 2.66. The Labute approximate surface area is 88.5 Å². The number of hydrogen-bond acceptors (Lipinski definition) is 1. The summed E-state index contributed by atoms with van der Waals surface area (Å²) < 4.78 is 0. The number of nitrogens with one attached hydrogen (secondary N) is 2. The summed E-state index contributed by atoms with van der Waals surface area (Å²) in [5.74, 6) is 0.0443. The van der Waals surface area contributed by atoms with Crippen LogP contribution in [0.15, 0.2) is 30.5 Å². The molecule has 0 atom stereocenters. The lowest BCUT2D eigenvalue weighted by Crippen LogP contribution is -2.17. The Morgan fingerprint density at radius 3 is 2.87 bits per heavy atom. The van der Waals surface area contributed by atoms with Crippen molar-refractivity contribution in [2.75, 3.05) is 5.32 Å². The van der Waals surface area contributed by atoms with Crippen molar-refractivity contribution in [1.29, 1.82) is 0 Å². The number of aromatic nitrogens is 1. The molecule has 1 aromatic heterocycles. The lowest BCUT2D eigenvalue weighted by atomic mass is 10.1. The van der Waals surface area contributed by atoms with Crippen molar-refractivity contribution in [2.24, 2.45) is 5.92 Å². The molecule has 0 bridgehead atoms. The number of aromatic amines is 1. The maximum atomic E-state index is 11.6. The van der Waals surface area contributed by atoms with Gasteiger partial charge in [-0.2, -0.15) is 0 Å². The number of benzene rings is 1. The van der Waals surface area contributed by atoms with E-state index in [9.17, 15) is 4.79 Å². The van der Waals surface area contributed by atoms with E-state index in [0.29, 0.717) is 0 Å². The normalized spacial score (nSPS) is 10.9. The third kappa shape index (κ3) is 1.86. The fourth-order valence-electron chi connectivity index (χ4n) is 1.47. The Bertz CT molecular complexity index is 485. The molecular weight excluding hydrogens is 188 g/mol. The van der Waals surface area contributed by atoms with Gasteiger partial charge >= 0.3 is 0 Å². The van der Waals surface area contributed by atoms with Crippen LogP contribution >= 0.6 is 0 Å². The molecule has 0 saturated heterocycles. The van der Waals surface area contributed by atoms with Gasteiger partial charge in [-0.1, -0.05) is 19.9 Å². The van der Waals surface area contributed by atoms with Crippen molar-refractivity contribution >= 4 is 22.5 Å². The molecule has 0 saturated carbocycles. The molecule has 0 aliphatic heterocycles. The molecule has 1 heterocycles. The lowest BCUT2D eigenvalue weighted by molar-refractivity contribution is -0.118. The second kappa shape index (κ2) is 3.77. The standard InChI is InChI=1S/C12H14N2O/c1-8(2)12(15)14-11-5-3-4-10-9(11)6-7-13-10/h3-8,13H,1-2H3,(H,14,15). The first kappa shape index (κ1) is 9.77. The highest BCUT2D eigenvalue weighted by Gasteiger charge is 2.09. The number of amides is 1. The number of carbonyl (C=O) groups is 1. The van der Waals surface area contributed by atoms with E-state index in [1.165, 1.54) is 0 Å². The van der Waals surface area contributed by atoms with E-state index < -0.39 is 0 Å². The number of anilines is 1. The number of fused-ring (bicyclic) bond motifs is 1. The summed E-state index contributed by atoms with van der Waals surface area (Å²) in [5.41, 5.74) is 1.91. The summed E-state index contributed by atoms with van der Waals surface area (Å²) in [7, 11) is 0. The van der Waals surface area contributed by atoms with Gasteiger partial charge in [-0.3, -0.25) is 4.79 Å². The molecule has 2 N–H and O–H groups in total. The SMILES string of the molecule is CC(C)C(=O)Nc1cccc2[nH]ccc12. The minimum Gasteiger partial charge on any atom is -0.361 e. The summed E-state index contributed by atoms with van der Waals surface area (Å²) in [5, 5.41) is 3.96. The number of hydrogen-bond donors (Lipinski definition) is 2. The molecule has 0 aliphatic rings. The Hall–Kier alpha value is -1.77. The molecular formula is C12H14N2O. The van der Waals surface area contributed by atoms with Crippen LogP contribution in [-0.2, 0) is 4.79 Å². The Morgan fingerprint density at radius 2 is 2.13 bits per heavy atom. The van der Waals surface area contributed by atoms with Gasteiger partial charge in [-0.15, -0.1) is 0 Å². The molecule has 1 amide bonds. The van der Waals surface area contributed by atoms with Crippen LogP contribution < -0.4 is 5.32 Å². The van der Waals surface area contributed by atoms with Crippen molar-refractivity contribution in [3.8, 4) is 0 Å². The fraction of sp³-hybridized carbons (Fsp3) is 0.250. The molecule has 78 valence electrons. The van der Waals surface area contributed by atoms with Crippen LogP contribution in [-0.4, -0.2) is 10.9 Å². The highest BCUT2D eigenvalue weighted by atomic mass is 16.1. The minimum absolute atomic E-state index is 0.000743. The third-order valence-corrected chi connectivity index (χ3v) is 2.38. The molecule has 3 nitrogen and oxygen atoms in total. The van der Waals surface area contributed by atoms with E-state index in [0.717, 1.165) is 16.6 Å². The summed E-state index contributed by atoms with van der Waals surface area (Å²) in [6.07, 6.45) is 1.87. The highest BCUT2D eigenvalue weighted by Crippen LogP contribution is 2.22. The van der Waals surface area contributed by atoms with Crippen LogP contribution in [0.2, 0.25) is 0 Å². The molecule has 0 fully saturated rings. The first-order valence-electron chi connectivity index (χ1n) is 5.05. The molecule has 1 aromatic carbocycles. The van der Waals surface area contributed by atoms with E-state index in [2.05, 4.69) is 10.3 Å². The lowest BCUT2D eigenvalue weighted by Gasteiger charge is -2.08. The Balaban J connectivity index is 2.35. The zero-order valence-corrected chi connectivity index (χ0v) is 8.87. The number of carbonyl (C=O) groups excluding carboxylic acids is 1. The van der Waals surface area contributed by atoms with Crippen molar-refractivity contribution in [3.63, 3.8) is 0 Å². The second-order valence-corrected chi connectivity index (χ2v) is 3.89. The van der Waals surface area contributed by atoms with Gasteiger partial charge < -0.3 is 10.3 Å². The van der Waals surface area contributed by atoms with Crippen LogP contribution in [0.3, 0.4) is 0 Å². The maximum Gasteiger partial charge on any atom is 0.226 e. The minimum atomic E-state index is -0.000743. The molecule has 0 spiro atoms. The zero-order chi connectivity index (χ0) is 10.8. The first-order chi connectivity index (χ1) is 7.18. The fourth-order valence-corrected chi connectivity index (χ4v) is 1.47. The van der Waals surface area contributed by atoms with Crippen LogP contribution in [0.5, 0.6) is 0 Å². The predicted molar refractivity (Wildman–Crippen MR) is 61.8 cm³/mol. The monoisotopic (exact) mass is 202 g/mol. The summed E-state index contributed by atoms with van der Waals surface area (Å²) in [4.78, 5) is 14.7. The van der Waals surface area contributed by atoms with E-state index in [1.54, 1.807) is 0 Å².